The first kappa shape index (κ1) is 27.0. The number of nitrogens with zero attached hydrogens (tertiary/aromatic N) is 2. The Labute approximate surface area is 279 Å². The molecular formula is C46H32N2. The summed E-state index contributed by atoms with van der Waals surface area (Å²) in [6, 6.07) is 58.3. The van der Waals surface area contributed by atoms with Crippen molar-refractivity contribution in [3.05, 3.63) is 169 Å². The molecule has 226 valence electrons. The Morgan fingerprint density at radius 2 is 0.854 bits per heavy atom. The van der Waals surface area contributed by atoms with Crippen LogP contribution >= 0.6 is 0 Å². The van der Waals surface area contributed by atoms with Gasteiger partial charge >= 0.3 is 0 Å². The molecular weight excluding hydrogens is 581 g/mol. The maximum Gasteiger partial charge on any atom is 0.0541 e. The van der Waals surface area contributed by atoms with E-state index in [1.165, 1.54) is 93.8 Å². The second kappa shape index (κ2) is 10.2. The third-order valence-electron chi connectivity index (χ3n) is 10.1. The van der Waals surface area contributed by atoms with Crippen LogP contribution in [0.25, 0.3) is 71.3 Å². The second-order valence-corrected chi connectivity index (χ2v) is 13.2. The average Bonchev–Trinajstić information content (AvgIpc) is 3.45. The van der Waals surface area contributed by atoms with Crippen molar-refractivity contribution in [2.45, 2.75) is 13.8 Å². The van der Waals surface area contributed by atoms with Gasteiger partial charge in [-0.25, -0.2) is 0 Å². The van der Waals surface area contributed by atoms with Gasteiger partial charge in [-0.15, -0.1) is 0 Å². The summed E-state index contributed by atoms with van der Waals surface area (Å²) in [5.74, 6) is 0. The van der Waals surface area contributed by atoms with E-state index >= 15 is 0 Å². The van der Waals surface area contributed by atoms with Crippen molar-refractivity contribution in [1.82, 2.24) is 4.57 Å². The maximum atomic E-state index is 2.40. The van der Waals surface area contributed by atoms with E-state index in [9.17, 15) is 0 Å². The van der Waals surface area contributed by atoms with Crippen molar-refractivity contribution >= 4 is 60.4 Å². The monoisotopic (exact) mass is 612 g/mol. The largest absolute Gasteiger partial charge is 0.310 e. The van der Waals surface area contributed by atoms with Crippen LogP contribution in [0.5, 0.6) is 0 Å². The predicted molar refractivity (Wildman–Crippen MR) is 204 cm³/mol. The van der Waals surface area contributed by atoms with Crippen molar-refractivity contribution < 1.29 is 0 Å². The normalized spacial score (nSPS) is 12.0. The lowest BCUT2D eigenvalue weighted by molar-refractivity contribution is 1.19. The molecule has 48 heavy (non-hydrogen) atoms. The Kier molecular flexibility index (Phi) is 5.74. The highest BCUT2D eigenvalue weighted by Gasteiger charge is 2.24. The smallest absolute Gasteiger partial charge is 0.0541 e. The standard InChI is InChI=1S/C46H32N2/c1-29-9-7-11-35(21-29)47(36-12-8-10-30(2)22-36)37-19-17-31-25-41-42-26-32-18-20-38(24-34(32)28-44(42)43(41)27-33(31)23-37)48-45-15-5-3-13-39(45)40-14-4-6-16-46(40)48/h3-28H,1-2H3. The Morgan fingerprint density at radius 3 is 1.42 bits per heavy atom. The Balaban J connectivity index is 1.09. The first-order valence-corrected chi connectivity index (χ1v) is 16.7. The summed E-state index contributed by atoms with van der Waals surface area (Å²) in [7, 11) is 0. The minimum Gasteiger partial charge on any atom is -0.310 e. The van der Waals surface area contributed by atoms with Gasteiger partial charge in [-0.05, 0) is 154 Å². The molecule has 8 aromatic carbocycles. The SMILES string of the molecule is Cc1cccc(N(c2cccc(C)c2)c2ccc3cc4c(cc3c2)-c2cc3cc(-n5c6ccccc6c6ccccc65)ccc3cc2-4)c1. The van der Waals surface area contributed by atoms with E-state index in [0.717, 1.165) is 5.69 Å². The highest BCUT2D eigenvalue weighted by molar-refractivity contribution is 6.13. The van der Waals surface area contributed by atoms with Crippen LogP contribution in [0.3, 0.4) is 0 Å². The van der Waals surface area contributed by atoms with Crippen molar-refractivity contribution in [2.75, 3.05) is 4.90 Å². The molecule has 0 aliphatic heterocycles. The van der Waals surface area contributed by atoms with Gasteiger partial charge < -0.3 is 9.47 Å². The van der Waals surface area contributed by atoms with Gasteiger partial charge in [0.2, 0.25) is 0 Å². The molecule has 1 aromatic heterocycles. The molecule has 1 heterocycles. The van der Waals surface area contributed by atoms with Crippen molar-refractivity contribution in [3.63, 3.8) is 0 Å². The Morgan fingerprint density at radius 1 is 0.375 bits per heavy atom. The zero-order valence-corrected chi connectivity index (χ0v) is 26.9. The molecule has 1 aliphatic rings. The Hall–Kier alpha value is -6.12. The molecule has 0 radical (unpaired) electrons. The summed E-state index contributed by atoms with van der Waals surface area (Å²) in [5.41, 5.74) is 15.0. The molecule has 0 saturated carbocycles. The van der Waals surface area contributed by atoms with Gasteiger partial charge in [0.25, 0.3) is 0 Å². The van der Waals surface area contributed by atoms with Crippen molar-refractivity contribution in [2.24, 2.45) is 0 Å². The fourth-order valence-electron chi connectivity index (χ4n) is 7.86. The summed E-state index contributed by atoms with van der Waals surface area (Å²) in [5, 5.41) is 7.62. The molecule has 10 rings (SSSR count). The third-order valence-corrected chi connectivity index (χ3v) is 10.1. The zero-order chi connectivity index (χ0) is 31.9. The van der Waals surface area contributed by atoms with E-state index in [4.69, 9.17) is 0 Å². The van der Waals surface area contributed by atoms with Gasteiger partial charge in [-0.1, -0.05) is 72.8 Å². The quantitative estimate of drug-likeness (QED) is 0.192. The van der Waals surface area contributed by atoms with Crippen LogP contribution in [0.2, 0.25) is 0 Å². The topological polar surface area (TPSA) is 8.17 Å². The second-order valence-electron chi connectivity index (χ2n) is 13.2. The molecule has 0 amide bonds. The molecule has 2 nitrogen and oxygen atoms in total. The molecule has 1 aliphatic carbocycles. The molecule has 0 atom stereocenters. The van der Waals surface area contributed by atoms with Crippen molar-refractivity contribution in [1.29, 1.82) is 0 Å². The van der Waals surface area contributed by atoms with Crippen LogP contribution in [-0.4, -0.2) is 4.57 Å². The van der Waals surface area contributed by atoms with Crippen LogP contribution in [0.1, 0.15) is 11.1 Å². The van der Waals surface area contributed by atoms with E-state index in [2.05, 4.69) is 181 Å². The summed E-state index contributed by atoms with van der Waals surface area (Å²) in [4.78, 5) is 2.37. The average molecular weight is 613 g/mol. The van der Waals surface area contributed by atoms with Crippen LogP contribution in [-0.2, 0) is 0 Å². The summed E-state index contributed by atoms with van der Waals surface area (Å²) in [6.07, 6.45) is 0. The molecule has 0 fully saturated rings. The first-order chi connectivity index (χ1) is 23.6. The van der Waals surface area contributed by atoms with Gasteiger partial charge in [0.15, 0.2) is 0 Å². The van der Waals surface area contributed by atoms with E-state index in [1.807, 2.05) is 0 Å². The lowest BCUT2D eigenvalue weighted by Crippen LogP contribution is -2.10. The zero-order valence-electron chi connectivity index (χ0n) is 26.9. The first-order valence-electron chi connectivity index (χ1n) is 16.7. The van der Waals surface area contributed by atoms with Gasteiger partial charge in [0.05, 0.1) is 11.0 Å². The number of rotatable bonds is 4. The predicted octanol–water partition coefficient (Wildman–Crippen LogP) is 12.8. The number of benzene rings is 8. The van der Waals surface area contributed by atoms with Gasteiger partial charge in [0, 0.05) is 33.5 Å². The number of hydrogen-bond acceptors (Lipinski definition) is 1. The molecule has 0 spiro atoms. The lowest BCUT2D eigenvalue weighted by Gasteiger charge is -2.28. The minimum absolute atomic E-state index is 1.16. The van der Waals surface area contributed by atoms with Crippen LogP contribution in [0, 0.1) is 13.8 Å². The number of anilines is 3. The van der Waals surface area contributed by atoms with E-state index in [0.29, 0.717) is 0 Å². The molecule has 0 saturated heterocycles. The van der Waals surface area contributed by atoms with Gasteiger partial charge in [-0.2, -0.15) is 0 Å². The fraction of sp³-hybridized carbons (Fsp3) is 0.0435. The number of aryl methyl sites for hydroxylation is 2. The van der Waals surface area contributed by atoms with E-state index < -0.39 is 0 Å². The number of para-hydroxylation sites is 2. The highest BCUT2D eigenvalue weighted by atomic mass is 15.1. The number of fused-ring (bicyclic) bond motifs is 9. The summed E-state index contributed by atoms with van der Waals surface area (Å²) in [6.45, 7) is 4.32. The van der Waals surface area contributed by atoms with E-state index in [1.54, 1.807) is 0 Å². The lowest BCUT2D eigenvalue weighted by atomic mass is 9.78. The van der Waals surface area contributed by atoms with Crippen molar-refractivity contribution in [3.8, 4) is 27.9 Å². The summed E-state index contributed by atoms with van der Waals surface area (Å²) < 4.78 is 2.40. The van der Waals surface area contributed by atoms with Crippen LogP contribution in [0.15, 0.2) is 158 Å². The number of hydrogen-bond donors (Lipinski definition) is 0. The molecule has 2 heteroatoms. The maximum absolute atomic E-state index is 2.40. The minimum atomic E-state index is 1.16. The third kappa shape index (κ3) is 4.06. The summed E-state index contributed by atoms with van der Waals surface area (Å²) >= 11 is 0. The van der Waals surface area contributed by atoms with Gasteiger partial charge in [0.1, 0.15) is 0 Å². The molecule has 0 unspecified atom stereocenters. The molecule has 0 bridgehead atoms. The van der Waals surface area contributed by atoms with Crippen LogP contribution < -0.4 is 4.90 Å². The highest BCUT2D eigenvalue weighted by Crippen LogP contribution is 2.51. The molecule has 9 aromatic rings. The van der Waals surface area contributed by atoms with E-state index in [-0.39, 0.29) is 0 Å². The number of aromatic nitrogens is 1. The van der Waals surface area contributed by atoms with Gasteiger partial charge in [-0.3, -0.25) is 0 Å². The van der Waals surface area contributed by atoms with Crippen LogP contribution in [0.4, 0.5) is 17.1 Å². The Bertz CT molecular complexity index is 2670. The molecule has 0 N–H and O–H groups in total. The fourth-order valence-corrected chi connectivity index (χ4v) is 7.86.